The van der Waals surface area contributed by atoms with Crippen LogP contribution in [0.15, 0.2) is 53.1 Å². The minimum Gasteiger partial charge on any atom is -0.459 e. The molecule has 164 valence electrons. The number of likely N-dealkylation sites (tertiary alicyclic amines) is 2. The van der Waals surface area contributed by atoms with Gasteiger partial charge in [-0.2, -0.15) is 0 Å². The van der Waals surface area contributed by atoms with Crippen molar-refractivity contribution in [2.75, 3.05) is 25.0 Å². The number of carbonyl (C=O) groups excluding carboxylic acids is 3. The van der Waals surface area contributed by atoms with Crippen molar-refractivity contribution in [3.05, 3.63) is 54.5 Å². The summed E-state index contributed by atoms with van der Waals surface area (Å²) in [6.07, 6.45) is 5.29. The molecule has 8 nitrogen and oxygen atoms in total. The summed E-state index contributed by atoms with van der Waals surface area (Å²) < 4.78 is 5.24. The summed E-state index contributed by atoms with van der Waals surface area (Å²) in [7, 11) is 0. The number of anilines is 1. The molecule has 2 aromatic rings. The van der Waals surface area contributed by atoms with Crippen LogP contribution in [0.4, 0.5) is 10.5 Å². The van der Waals surface area contributed by atoms with Crippen molar-refractivity contribution in [3.63, 3.8) is 0 Å². The average Bonchev–Trinajstić information content (AvgIpc) is 3.35. The Morgan fingerprint density at radius 3 is 2.39 bits per heavy atom. The number of para-hydroxylation sites is 1. The third-order valence-electron chi connectivity index (χ3n) is 5.95. The van der Waals surface area contributed by atoms with Crippen LogP contribution >= 0.6 is 0 Å². The van der Waals surface area contributed by atoms with Gasteiger partial charge in [0.25, 0.3) is 5.91 Å². The molecule has 1 aromatic carbocycles. The number of nitrogens with one attached hydrogen (secondary N) is 2. The van der Waals surface area contributed by atoms with Crippen molar-refractivity contribution in [1.29, 1.82) is 0 Å². The van der Waals surface area contributed by atoms with Crippen LogP contribution in [-0.4, -0.2) is 59.4 Å². The monoisotopic (exact) mass is 424 g/mol. The maximum absolute atomic E-state index is 13.0. The zero-order valence-electron chi connectivity index (χ0n) is 17.5. The number of amides is 4. The van der Waals surface area contributed by atoms with Crippen molar-refractivity contribution < 1.29 is 18.8 Å². The van der Waals surface area contributed by atoms with Gasteiger partial charge in [0.15, 0.2) is 5.76 Å². The van der Waals surface area contributed by atoms with Crippen LogP contribution in [0.5, 0.6) is 0 Å². The molecule has 4 rings (SSSR count). The predicted octanol–water partition coefficient (Wildman–Crippen LogP) is 3.09. The Morgan fingerprint density at radius 1 is 0.903 bits per heavy atom. The standard InChI is InChI=1S/C23H28N4O4/c28-21(19-9-4-5-13-27(19)22(29)20-10-6-16-31-20)24-18-11-14-26(15-12-18)23(30)25-17-7-2-1-3-8-17/h1-3,6-8,10,16,18-19H,4-5,9,11-15H2,(H,24,28)(H,25,30). The molecule has 1 atom stereocenters. The number of nitrogens with zero attached hydrogens (tertiary/aromatic N) is 2. The molecule has 0 aliphatic carbocycles. The number of carbonyl (C=O) groups is 3. The zero-order valence-corrected chi connectivity index (χ0v) is 17.5. The number of piperidine rings is 2. The van der Waals surface area contributed by atoms with Crippen LogP contribution in [0.1, 0.15) is 42.7 Å². The molecule has 2 aliphatic rings. The van der Waals surface area contributed by atoms with E-state index < -0.39 is 6.04 Å². The smallest absolute Gasteiger partial charge is 0.321 e. The Morgan fingerprint density at radius 2 is 1.68 bits per heavy atom. The quantitative estimate of drug-likeness (QED) is 0.789. The maximum Gasteiger partial charge on any atom is 0.321 e. The minimum atomic E-state index is -0.481. The fraction of sp³-hybridized carbons (Fsp3) is 0.435. The highest BCUT2D eigenvalue weighted by Crippen LogP contribution is 2.21. The van der Waals surface area contributed by atoms with Crippen LogP contribution in [-0.2, 0) is 4.79 Å². The van der Waals surface area contributed by atoms with Crippen LogP contribution in [0.2, 0.25) is 0 Å². The number of hydrogen-bond donors (Lipinski definition) is 2. The van der Waals surface area contributed by atoms with E-state index in [0.29, 0.717) is 38.9 Å². The Kier molecular flexibility index (Phi) is 6.54. The maximum atomic E-state index is 13.0. The largest absolute Gasteiger partial charge is 0.459 e. The van der Waals surface area contributed by atoms with E-state index in [1.807, 2.05) is 30.3 Å². The van der Waals surface area contributed by atoms with Gasteiger partial charge >= 0.3 is 6.03 Å². The van der Waals surface area contributed by atoms with Crippen molar-refractivity contribution in [2.45, 2.75) is 44.2 Å². The lowest BCUT2D eigenvalue weighted by atomic mass is 9.99. The summed E-state index contributed by atoms with van der Waals surface area (Å²) in [6, 6.07) is 12.1. The molecule has 2 saturated heterocycles. The Labute approximate surface area is 181 Å². The molecule has 0 saturated carbocycles. The van der Waals surface area contributed by atoms with Gasteiger partial charge in [0.1, 0.15) is 6.04 Å². The molecular formula is C23H28N4O4. The summed E-state index contributed by atoms with van der Waals surface area (Å²) in [5.74, 6) is -0.0958. The number of furan rings is 1. The molecule has 0 radical (unpaired) electrons. The molecule has 2 fully saturated rings. The van der Waals surface area contributed by atoms with E-state index >= 15 is 0 Å². The number of urea groups is 1. The van der Waals surface area contributed by atoms with Crippen LogP contribution in [0, 0.1) is 0 Å². The van der Waals surface area contributed by atoms with Gasteiger partial charge in [0.2, 0.25) is 5.91 Å². The Hall–Kier alpha value is -3.29. The van der Waals surface area contributed by atoms with Crippen molar-refractivity contribution in [2.24, 2.45) is 0 Å². The van der Waals surface area contributed by atoms with Gasteiger partial charge in [-0.25, -0.2) is 4.79 Å². The minimum absolute atomic E-state index is 0.00392. The van der Waals surface area contributed by atoms with Crippen LogP contribution in [0.25, 0.3) is 0 Å². The van der Waals surface area contributed by atoms with Gasteiger partial charge in [-0.05, 0) is 56.4 Å². The molecule has 8 heteroatoms. The third-order valence-corrected chi connectivity index (χ3v) is 5.95. The second-order valence-corrected chi connectivity index (χ2v) is 8.05. The van der Waals surface area contributed by atoms with E-state index in [9.17, 15) is 14.4 Å². The fourth-order valence-electron chi connectivity index (χ4n) is 4.24. The van der Waals surface area contributed by atoms with Crippen molar-refractivity contribution in [3.8, 4) is 0 Å². The molecular weight excluding hydrogens is 396 g/mol. The summed E-state index contributed by atoms with van der Waals surface area (Å²) in [5, 5.41) is 6.00. The van der Waals surface area contributed by atoms with Gasteiger partial charge < -0.3 is 24.9 Å². The molecule has 0 bridgehead atoms. The van der Waals surface area contributed by atoms with Gasteiger partial charge in [0.05, 0.1) is 6.26 Å². The summed E-state index contributed by atoms with van der Waals surface area (Å²) >= 11 is 0. The summed E-state index contributed by atoms with van der Waals surface area (Å²) in [5.41, 5.74) is 0.765. The lowest BCUT2D eigenvalue weighted by Crippen LogP contribution is -2.55. The van der Waals surface area contributed by atoms with E-state index in [0.717, 1.165) is 18.5 Å². The van der Waals surface area contributed by atoms with E-state index in [-0.39, 0.29) is 29.6 Å². The molecule has 2 N–H and O–H groups in total. The predicted molar refractivity (Wildman–Crippen MR) is 116 cm³/mol. The average molecular weight is 425 g/mol. The summed E-state index contributed by atoms with van der Waals surface area (Å²) in [4.78, 5) is 41.6. The van der Waals surface area contributed by atoms with Gasteiger partial charge in [-0.3, -0.25) is 9.59 Å². The zero-order chi connectivity index (χ0) is 21.6. The van der Waals surface area contributed by atoms with E-state index in [1.165, 1.54) is 6.26 Å². The highest BCUT2D eigenvalue weighted by atomic mass is 16.3. The van der Waals surface area contributed by atoms with Crippen molar-refractivity contribution >= 4 is 23.5 Å². The fourth-order valence-corrected chi connectivity index (χ4v) is 4.24. The first-order valence-corrected chi connectivity index (χ1v) is 10.9. The molecule has 0 spiro atoms. The van der Waals surface area contributed by atoms with E-state index in [1.54, 1.807) is 21.9 Å². The van der Waals surface area contributed by atoms with Crippen LogP contribution < -0.4 is 10.6 Å². The first-order chi connectivity index (χ1) is 15.1. The van der Waals surface area contributed by atoms with Crippen molar-refractivity contribution in [1.82, 2.24) is 15.1 Å². The number of hydrogen-bond acceptors (Lipinski definition) is 4. The molecule has 1 unspecified atom stereocenters. The second kappa shape index (κ2) is 9.68. The van der Waals surface area contributed by atoms with E-state index in [2.05, 4.69) is 10.6 Å². The number of rotatable bonds is 4. The molecule has 4 amide bonds. The first kappa shape index (κ1) is 21.0. The van der Waals surface area contributed by atoms with Gasteiger partial charge in [-0.15, -0.1) is 0 Å². The number of benzene rings is 1. The highest BCUT2D eigenvalue weighted by Gasteiger charge is 2.35. The highest BCUT2D eigenvalue weighted by molar-refractivity contribution is 5.95. The summed E-state index contributed by atoms with van der Waals surface area (Å²) in [6.45, 7) is 1.70. The Bertz CT molecular complexity index is 892. The Balaban J connectivity index is 1.29. The second-order valence-electron chi connectivity index (χ2n) is 8.05. The lowest BCUT2D eigenvalue weighted by Gasteiger charge is -2.37. The van der Waals surface area contributed by atoms with Crippen LogP contribution in [0.3, 0.4) is 0 Å². The lowest BCUT2D eigenvalue weighted by molar-refractivity contribution is -0.127. The molecule has 1 aromatic heterocycles. The molecule has 31 heavy (non-hydrogen) atoms. The van der Waals surface area contributed by atoms with Gasteiger partial charge in [-0.1, -0.05) is 18.2 Å². The molecule has 3 heterocycles. The third kappa shape index (κ3) is 5.07. The molecule has 2 aliphatic heterocycles. The SMILES string of the molecule is O=C(NC1CCN(C(=O)Nc2ccccc2)CC1)C1CCCCN1C(=O)c1ccco1. The normalized spacial score (nSPS) is 19.7. The topological polar surface area (TPSA) is 94.9 Å². The van der Waals surface area contributed by atoms with E-state index in [4.69, 9.17) is 4.42 Å². The van der Waals surface area contributed by atoms with Gasteiger partial charge in [0, 0.05) is 31.4 Å². The first-order valence-electron chi connectivity index (χ1n) is 10.9.